The van der Waals surface area contributed by atoms with Crippen LogP contribution in [0.1, 0.15) is 30.7 Å². The molecule has 108 valence electrons. The van der Waals surface area contributed by atoms with E-state index in [0.29, 0.717) is 5.89 Å². The van der Waals surface area contributed by atoms with Gasteiger partial charge >= 0.3 is 0 Å². The van der Waals surface area contributed by atoms with Gasteiger partial charge in [-0.15, -0.1) is 0 Å². The highest BCUT2D eigenvalue weighted by Gasteiger charge is 2.23. The van der Waals surface area contributed by atoms with Crippen molar-refractivity contribution in [3.8, 4) is 0 Å². The summed E-state index contributed by atoms with van der Waals surface area (Å²) in [6.07, 6.45) is 4.58. The number of aromatic nitrogens is 4. The second kappa shape index (κ2) is 5.29. The number of benzene rings is 1. The molecule has 0 bridgehead atoms. The van der Waals surface area contributed by atoms with E-state index < -0.39 is 0 Å². The van der Waals surface area contributed by atoms with Crippen molar-refractivity contribution in [1.82, 2.24) is 19.7 Å². The Morgan fingerprint density at radius 2 is 2.24 bits per heavy atom. The Bertz CT molecular complexity index is 743. The van der Waals surface area contributed by atoms with Gasteiger partial charge in [0.25, 0.3) is 5.89 Å². The molecule has 0 spiro atoms. The Balaban J connectivity index is 1.47. The molecule has 21 heavy (non-hydrogen) atoms. The molecule has 1 aliphatic heterocycles. The number of fused-ring (bicyclic) bond motifs is 1. The summed E-state index contributed by atoms with van der Waals surface area (Å²) >= 11 is 0. The van der Waals surface area contributed by atoms with Crippen LogP contribution in [0.25, 0.3) is 11.0 Å². The molecule has 1 saturated heterocycles. The molecule has 4 rings (SSSR count). The van der Waals surface area contributed by atoms with E-state index in [9.17, 15) is 0 Å². The second-order valence-corrected chi connectivity index (χ2v) is 5.23. The second-order valence-electron chi connectivity index (χ2n) is 5.23. The van der Waals surface area contributed by atoms with Gasteiger partial charge in [0.05, 0.1) is 17.4 Å². The summed E-state index contributed by atoms with van der Waals surface area (Å²) in [7, 11) is 0. The molecule has 0 saturated carbocycles. The molecule has 0 amide bonds. The van der Waals surface area contributed by atoms with Crippen molar-refractivity contribution in [2.24, 2.45) is 0 Å². The van der Waals surface area contributed by atoms with Crippen LogP contribution in [-0.2, 0) is 17.7 Å². The maximum Gasteiger partial charge on any atom is 0.255 e. The van der Waals surface area contributed by atoms with E-state index in [1.165, 1.54) is 0 Å². The number of para-hydroxylation sites is 2. The number of nitrogens with zero attached hydrogens (tertiary/aromatic N) is 4. The molecule has 6 heteroatoms. The Morgan fingerprint density at radius 3 is 3.14 bits per heavy atom. The lowest BCUT2D eigenvalue weighted by molar-refractivity contribution is 0.0835. The van der Waals surface area contributed by atoms with Crippen molar-refractivity contribution in [2.75, 3.05) is 6.61 Å². The Labute approximate surface area is 121 Å². The fraction of sp³-hybridized carbons (Fsp3) is 0.400. The van der Waals surface area contributed by atoms with Crippen LogP contribution in [0.4, 0.5) is 0 Å². The van der Waals surface area contributed by atoms with Crippen molar-refractivity contribution >= 4 is 11.0 Å². The van der Waals surface area contributed by atoms with E-state index in [2.05, 4.69) is 25.8 Å². The molecule has 1 aliphatic rings. The van der Waals surface area contributed by atoms with Gasteiger partial charge in [0.2, 0.25) is 0 Å². The van der Waals surface area contributed by atoms with Crippen LogP contribution in [0.3, 0.4) is 0 Å². The highest BCUT2D eigenvalue weighted by atomic mass is 16.5. The van der Waals surface area contributed by atoms with Gasteiger partial charge in [0.15, 0.2) is 5.82 Å². The zero-order valence-corrected chi connectivity index (χ0v) is 11.6. The van der Waals surface area contributed by atoms with Crippen LogP contribution in [0.15, 0.2) is 35.1 Å². The first-order valence-corrected chi connectivity index (χ1v) is 7.24. The van der Waals surface area contributed by atoms with Gasteiger partial charge in [-0.1, -0.05) is 17.3 Å². The normalized spacial score (nSPS) is 18.6. The molecule has 3 aromatic rings. The first kappa shape index (κ1) is 12.5. The Morgan fingerprint density at radius 1 is 1.29 bits per heavy atom. The van der Waals surface area contributed by atoms with Gasteiger partial charge in [-0.05, 0) is 25.0 Å². The summed E-state index contributed by atoms with van der Waals surface area (Å²) in [6, 6.07) is 8.09. The standard InChI is InChI=1S/C15H16N4O2/c1-2-5-12-11(4-1)16-10-19(12)8-7-14-17-15(21-18-14)13-6-3-9-20-13/h1-2,4-5,10,13H,3,6-9H2. The first-order valence-electron chi connectivity index (χ1n) is 7.24. The SMILES string of the molecule is c1ccc2c(c1)ncn2CCc1noc(C2CCCO2)n1. The fourth-order valence-electron chi connectivity index (χ4n) is 2.68. The van der Waals surface area contributed by atoms with Crippen molar-refractivity contribution in [3.05, 3.63) is 42.3 Å². The van der Waals surface area contributed by atoms with Crippen molar-refractivity contribution < 1.29 is 9.26 Å². The number of ether oxygens (including phenoxy) is 1. The summed E-state index contributed by atoms with van der Waals surface area (Å²) in [5.74, 6) is 1.33. The maximum absolute atomic E-state index is 5.55. The summed E-state index contributed by atoms with van der Waals surface area (Å²) in [5, 5.41) is 4.04. The molecule has 0 N–H and O–H groups in total. The fourth-order valence-corrected chi connectivity index (χ4v) is 2.68. The lowest BCUT2D eigenvalue weighted by Gasteiger charge is -2.01. The van der Waals surface area contributed by atoms with Crippen LogP contribution in [0.5, 0.6) is 0 Å². The Kier molecular flexibility index (Phi) is 3.16. The molecule has 6 nitrogen and oxygen atoms in total. The quantitative estimate of drug-likeness (QED) is 0.736. The summed E-state index contributed by atoms with van der Waals surface area (Å²) in [4.78, 5) is 8.81. The molecule has 1 aromatic carbocycles. The van der Waals surface area contributed by atoms with E-state index in [0.717, 1.165) is 49.3 Å². The lowest BCUT2D eigenvalue weighted by atomic mass is 10.2. The minimum absolute atomic E-state index is 0.0136. The van der Waals surface area contributed by atoms with E-state index in [4.69, 9.17) is 9.26 Å². The van der Waals surface area contributed by atoms with Crippen molar-refractivity contribution in [2.45, 2.75) is 31.9 Å². The minimum Gasteiger partial charge on any atom is -0.368 e. The summed E-state index contributed by atoms with van der Waals surface area (Å²) in [5.41, 5.74) is 2.13. The van der Waals surface area contributed by atoms with E-state index in [-0.39, 0.29) is 6.10 Å². The smallest absolute Gasteiger partial charge is 0.255 e. The zero-order valence-electron chi connectivity index (χ0n) is 11.6. The van der Waals surface area contributed by atoms with Crippen LogP contribution in [0.2, 0.25) is 0 Å². The molecule has 0 aliphatic carbocycles. The number of rotatable bonds is 4. The third-order valence-corrected chi connectivity index (χ3v) is 3.79. The maximum atomic E-state index is 5.55. The molecule has 1 fully saturated rings. The zero-order chi connectivity index (χ0) is 14.1. The van der Waals surface area contributed by atoms with Gasteiger partial charge in [-0.3, -0.25) is 0 Å². The topological polar surface area (TPSA) is 66.0 Å². The Hall–Kier alpha value is -2.21. The van der Waals surface area contributed by atoms with Crippen LogP contribution in [0, 0.1) is 0 Å². The number of hydrogen-bond acceptors (Lipinski definition) is 5. The van der Waals surface area contributed by atoms with Crippen molar-refractivity contribution in [3.63, 3.8) is 0 Å². The van der Waals surface area contributed by atoms with Crippen LogP contribution in [-0.4, -0.2) is 26.3 Å². The van der Waals surface area contributed by atoms with E-state index >= 15 is 0 Å². The average molecular weight is 284 g/mol. The molecule has 1 unspecified atom stereocenters. The van der Waals surface area contributed by atoms with Crippen LogP contribution < -0.4 is 0 Å². The number of imidazole rings is 1. The molecule has 2 aromatic heterocycles. The molecular weight excluding hydrogens is 268 g/mol. The first-order chi connectivity index (χ1) is 10.4. The van der Waals surface area contributed by atoms with Gasteiger partial charge in [0, 0.05) is 19.6 Å². The minimum atomic E-state index is -0.0136. The van der Waals surface area contributed by atoms with Gasteiger partial charge < -0.3 is 13.8 Å². The lowest BCUT2D eigenvalue weighted by Crippen LogP contribution is -2.02. The average Bonchev–Trinajstić information content (AvgIpc) is 3.25. The third-order valence-electron chi connectivity index (χ3n) is 3.79. The highest BCUT2D eigenvalue weighted by molar-refractivity contribution is 5.74. The van der Waals surface area contributed by atoms with Gasteiger partial charge in [-0.25, -0.2) is 4.98 Å². The largest absolute Gasteiger partial charge is 0.368 e. The van der Waals surface area contributed by atoms with Crippen molar-refractivity contribution in [1.29, 1.82) is 0 Å². The molecular formula is C15H16N4O2. The van der Waals surface area contributed by atoms with Gasteiger partial charge in [-0.2, -0.15) is 4.98 Å². The predicted octanol–water partition coefficient (Wildman–Crippen LogP) is 2.51. The van der Waals surface area contributed by atoms with E-state index in [1.54, 1.807) is 0 Å². The van der Waals surface area contributed by atoms with Gasteiger partial charge in [0.1, 0.15) is 6.10 Å². The molecule has 1 atom stereocenters. The van der Waals surface area contributed by atoms with E-state index in [1.807, 2.05) is 24.5 Å². The molecule has 0 radical (unpaired) electrons. The predicted molar refractivity (Wildman–Crippen MR) is 75.7 cm³/mol. The summed E-state index contributed by atoms with van der Waals surface area (Å²) in [6.45, 7) is 1.56. The molecule has 3 heterocycles. The summed E-state index contributed by atoms with van der Waals surface area (Å²) < 4.78 is 13.0. The van der Waals surface area contributed by atoms with Crippen LogP contribution >= 0.6 is 0 Å². The third kappa shape index (κ3) is 2.42. The monoisotopic (exact) mass is 284 g/mol. The number of aryl methyl sites for hydroxylation is 2. The highest BCUT2D eigenvalue weighted by Crippen LogP contribution is 2.27. The number of hydrogen-bond donors (Lipinski definition) is 0.